The van der Waals surface area contributed by atoms with Gasteiger partial charge in [0.05, 0.1) is 6.54 Å². The Bertz CT molecular complexity index is 704. The number of fused-ring (bicyclic) bond motifs is 1. The van der Waals surface area contributed by atoms with Crippen LogP contribution in [0.25, 0.3) is 0 Å². The Morgan fingerprint density at radius 2 is 1.92 bits per heavy atom. The predicted octanol–water partition coefficient (Wildman–Crippen LogP) is -0.0364. The van der Waals surface area contributed by atoms with E-state index >= 15 is 0 Å². The molecular weight excluding hydrogens is 332 g/mol. The summed E-state index contributed by atoms with van der Waals surface area (Å²) in [7, 11) is 3.50. The van der Waals surface area contributed by atoms with Gasteiger partial charge in [0.2, 0.25) is 11.8 Å². The number of likely N-dealkylation sites (N-methyl/N-ethyl adjacent to an activating group) is 1. The van der Waals surface area contributed by atoms with Crippen molar-refractivity contribution in [2.24, 2.45) is 0 Å². The summed E-state index contributed by atoms with van der Waals surface area (Å²) in [5, 5.41) is 2.84. The monoisotopic (exact) mass is 358 g/mol. The van der Waals surface area contributed by atoms with Crippen molar-refractivity contribution in [3.05, 3.63) is 35.4 Å². The molecule has 3 rings (SSSR count). The van der Waals surface area contributed by atoms with Gasteiger partial charge in [0.1, 0.15) is 6.04 Å². The minimum absolute atomic E-state index is 0.0337. The number of carbonyl (C=O) groups is 3. The summed E-state index contributed by atoms with van der Waals surface area (Å²) in [6.07, 6.45) is 1.35. The summed E-state index contributed by atoms with van der Waals surface area (Å²) in [6.45, 7) is 3.07. The van der Waals surface area contributed by atoms with E-state index in [0.29, 0.717) is 38.2 Å². The van der Waals surface area contributed by atoms with Crippen molar-refractivity contribution < 1.29 is 14.4 Å². The molecule has 1 N–H and O–H groups in total. The lowest BCUT2D eigenvalue weighted by molar-refractivity contribution is -0.133. The van der Waals surface area contributed by atoms with E-state index in [1.807, 2.05) is 23.1 Å². The lowest BCUT2D eigenvalue weighted by Gasteiger charge is -2.30. The second kappa shape index (κ2) is 7.86. The third-order valence-corrected chi connectivity index (χ3v) is 5.05. The Labute approximate surface area is 153 Å². The molecule has 0 aromatic heterocycles. The molecule has 1 atom stereocenters. The van der Waals surface area contributed by atoms with Gasteiger partial charge in [0, 0.05) is 52.3 Å². The van der Waals surface area contributed by atoms with Crippen molar-refractivity contribution in [2.45, 2.75) is 18.9 Å². The van der Waals surface area contributed by atoms with Crippen LogP contribution < -0.4 is 5.32 Å². The highest BCUT2D eigenvalue weighted by Gasteiger charge is 2.32. The largest absolute Gasteiger partial charge is 0.348 e. The highest BCUT2D eigenvalue weighted by Crippen LogP contribution is 2.18. The molecule has 7 heteroatoms. The molecule has 0 saturated carbocycles. The molecule has 0 bridgehead atoms. The van der Waals surface area contributed by atoms with E-state index in [1.54, 1.807) is 25.1 Å². The summed E-state index contributed by atoms with van der Waals surface area (Å²) in [5.74, 6) is -0.146. The fourth-order valence-electron chi connectivity index (χ4n) is 3.48. The lowest BCUT2D eigenvalue weighted by atomic mass is 9.94. The van der Waals surface area contributed by atoms with Gasteiger partial charge in [0.15, 0.2) is 0 Å². The average molecular weight is 358 g/mol. The van der Waals surface area contributed by atoms with Crippen LogP contribution in [0.4, 0.5) is 0 Å². The zero-order valence-electron chi connectivity index (χ0n) is 15.4. The molecule has 2 heterocycles. The average Bonchev–Trinajstić information content (AvgIpc) is 2.86. The smallest absolute Gasteiger partial charge is 0.252 e. The van der Waals surface area contributed by atoms with Crippen molar-refractivity contribution in [3.8, 4) is 0 Å². The normalized spacial score (nSPS) is 20.8. The van der Waals surface area contributed by atoms with Gasteiger partial charge in [-0.3, -0.25) is 19.3 Å². The molecule has 1 unspecified atom stereocenters. The maximum atomic E-state index is 12.9. The number of hydrogen-bond acceptors (Lipinski definition) is 4. The first-order valence-corrected chi connectivity index (χ1v) is 9.06. The second-order valence-electron chi connectivity index (χ2n) is 7.13. The zero-order valence-corrected chi connectivity index (χ0v) is 15.4. The molecule has 1 aromatic carbocycles. The van der Waals surface area contributed by atoms with Crippen LogP contribution in [0.2, 0.25) is 0 Å². The Kier molecular flexibility index (Phi) is 5.56. The van der Waals surface area contributed by atoms with E-state index < -0.39 is 6.04 Å². The molecule has 1 saturated heterocycles. The van der Waals surface area contributed by atoms with Gasteiger partial charge in [0.25, 0.3) is 5.91 Å². The number of amides is 3. The molecular formula is C19H26N4O3. The summed E-state index contributed by atoms with van der Waals surface area (Å²) >= 11 is 0. The summed E-state index contributed by atoms with van der Waals surface area (Å²) in [4.78, 5) is 42.6. The molecule has 1 aromatic rings. The maximum Gasteiger partial charge on any atom is 0.252 e. The van der Waals surface area contributed by atoms with Gasteiger partial charge >= 0.3 is 0 Å². The van der Waals surface area contributed by atoms with Gasteiger partial charge in [-0.05, 0) is 18.1 Å². The van der Waals surface area contributed by atoms with E-state index in [9.17, 15) is 14.4 Å². The molecule has 2 aliphatic rings. The molecule has 1 fully saturated rings. The van der Waals surface area contributed by atoms with Gasteiger partial charge < -0.3 is 15.1 Å². The molecule has 7 nitrogen and oxygen atoms in total. The molecule has 26 heavy (non-hydrogen) atoms. The Balaban J connectivity index is 1.61. The summed E-state index contributed by atoms with van der Waals surface area (Å²) in [6, 6.07) is 6.92. The quantitative estimate of drug-likeness (QED) is 0.823. The van der Waals surface area contributed by atoms with Crippen LogP contribution in [0.3, 0.4) is 0 Å². The fourth-order valence-corrected chi connectivity index (χ4v) is 3.48. The maximum absolute atomic E-state index is 12.9. The minimum atomic E-state index is -0.507. The number of nitrogens with one attached hydrogen (secondary N) is 1. The number of carbonyl (C=O) groups excluding carboxylic acids is 3. The molecule has 3 amide bonds. The van der Waals surface area contributed by atoms with Crippen molar-refractivity contribution in [1.29, 1.82) is 0 Å². The van der Waals surface area contributed by atoms with Crippen LogP contribution in [0, 0.1) is 0 Å². The van der Waals surface area contributed by atoms with E-state index in [0.717, 1.165) is 18.5 Å². The molecule has 0 radical (unpaired) electrons. The second-order valence-corrected chi connectivity index (χ2v) is 7.13. The van der Waals surface area contributed by atoms with Gasteiger partial charge in [-0.15, -0.1) is 0 Å². The van der Waals surface area contributed by atoms with Crippen molar-refractivity contribution in [2.75, 3.05) is 46.8 Å². The van der Waals surface area contributed by atoms with Crippen molar-refractivity contribution >= 4 is 17.7 Å². The predicted molar refractivity (Wildman–Crippen MR) is 97.7 cm³/mol. The number of hydrogen-bond donors (Lipinski definition) is 1. The number of benzene rings is 1. The van der Waals surface area contributed by atoms with E-state index in [2.05, 4.69) is 10.2 Å². The molecule has 140 valence electrons. The molecule has 2 aliphatic heterocycles. The first-order valence-electron chi connectivity index (χ1n) is 9.06. The third kappa shape index (κ3) is 4.04. The first-order chi connectivity index (χ1) is 12.5. The first kappa shape index (κ1) is 18.4. The van der Waals surface area contributed by atoms with Crippen molar-refractivity contribution in [3.63, 3.8) is 0 Å². The van der Waals surface area contributed by atoms with Gasteiger partial charge in [-0.1, -0.05) is 18.2 Å². The minimum Gasteiger partial charge on any atom is -0.348 e. The third-order valence-electron chi connectivity index (χ3n) is 5.05. The van der Waals surface area contributed by atoms with Crippen LogP contribution in [0.15, 0.2) is 24.3 Å². The number of nitrogens with zero attached hydrogens (tertiary/aromatic N) is 3. The topological polar surface area (TPSA) is 73.0 Å². The molecule has 0 spiro atoms. The van der Waals surface area contributed by atoms with Crippen LogP contribution in [-0.4, -0.2) is 85.3 Å². The Morgan fingerprint density at radius 1 is 1.15 bits per heavy atom. The summed E-state index contributed by atoms with van der Waals surface area (Å²) in [5.41, 5.74) is 1.57. The zero-order chi connectivity index (χ0) is 18.7. The highest BCUT2D eigenvalue weighted by atomic mass is 16.2. The standard InChI is InChI=1S/C19H26N4O3/c1-21(2)17(24)13-22-8-5-9-23(11-10-22)19(26)16-12-14-6-3-4-7-15(14)18(25)20-16/h3-4,6-7,16H,5,8-13H2,1-2H3,(H,20,25). The summed E-state index contributed by atoms with van der Waals surface area (Å²) < 4.78 is 0. The van der Waals surface area contributed by atoms with Crippen LogP contribution in [0.5, 0.6) is 0 Å². The van der Waals surface area contributed by atoms with Gasteiger partial charge in [-0.25, -0.2) is 0 Å². The van der Waals surface area contributed by atoms with Gasteiger partial charge in [-0.2, -0.15) is 0 Å². The fraction of sp³-hybridized carbons (Fsp3) is 0.526. The van der Waals surface area contributed by atoms with E-state index in [-0.39, 0.29) is 17.7 Å². The molecule has 0 aliphatic carbocycles. The van der Waals surface area contributed by atoms with Crippen molar-refractivity contribution in [1.82, 2.24) is 20.0 Å². The van der Waals surface area contributed by atoms with Crippen LogP contribution in [-0.2, 0) is 16.0 Å². The SMILES string of the molecule is CN(C)C(=O)CN1CCCN(C(=O)C2Cc3ccccc3C(=O)N2)CC1. The lowest BCUT2D eigenvalue weighted by Crippen LogP contribution is -2.52. The Morgan fingerprint density at radius 3 is 2.69 bits per heavy atom. The van der Waals surface area contributed by atoms with E-state index in [1.165, 1.54) is 0 Å². The van der Waals surface area contributed by atoms with Crippen LogP contribution in [0.1, 0.15) is 22.3 Å². The highest BCUT2D eigenvalue weighted by molar-refractivity contribution is 6.00. The Hall–Kier alpha value is -2.41. The van der Waals surface area contributed by atoms with Crippen LogP contribution >= 0.6 is 0 Å². The number of rotatable bonds is 3. The van der Waals surface area contributed by atoms with E-state index in [4.69, 9.17) is 0 Å².